The summed E-state index contributed by atoms with van der Waals surface area (Å²) in [4.78, 5) is 15.4. The highest BCUT2D eigenvalue weighted by Crippen LogP contribution is 2.29. The van der Waals surface area contributed by atoms with Crippen molar-refractivity contribution in [3.05, 3.63) is 59.7 Å². The largest absolute Gasteiger partial charge is 0.497 e. The fourth-order valence-electron chi connectivity index (χ4n) is 4.68. The molecule has 172 valence electrons. The molecule has 2 saturated heterocycles. The van der Waals surface area contributed by atoms with E-state index in [1.807, 2.05) is 17.0 Å². The van der Waals surface area contributed by atoms with Crippen LogP contribution in [0, 0.1) is 0 Å². The number of carbonyl (C=O) groups excluding carboxylic acids is 1. The molecule has 2 heterocycles. The molecule has 1 amide bonds. The van der Waals surface area contributed by atoms with Crippen molar-refractivity contribution in [3.63, 3.8) is 0 Å². The predicted molar refractivity (Wildman–Crippen MR) is 125 cm³/mol. The highest BCUT2D eigenvalue weighted by Gasteiger charge is 2.27. The number of benzene rings is 2. The zero-order valence-electron chi connectivity index (χ0n) is 18.7. The van der Waals surface area contributed by atoms with Crippen LogP contribution in [0.15, 0.2) is 53.4 Å². The number of hydrogen-bond donors (Lipinski definition) is 0. The second-order valence-corrected chi connectivity index (χ2v) is 10.6. The summed E-state index contributed by atoms with van der Waals surface area (Å²) in [5, 5.41) is 0. The standard InChI is InChI=1S/C25H32N2O4S/c1-31-23-12-8-20(9-13-23)22-7-3-6-16-26(19-22)25(28)21-10-14-24(15-11-21)32(29,30)27-17-4-2-5-18-27/h8-15,22H,2-7,16-19H2,1H3. The zero-order chi connectivity index (χ0) is 22.6. The molecule has 2 aliphatic rings. The Hall–Kier alpha value is -2.38. The van der Waals surface area contributed by atoms with E-state index in [9.17, 15) is 13.2 Å². The molecule has 0 radical (unpaired) electrons. The number of methoxy groups -OCH3 is 1. The van der Waals surface area contributed by atoms with Gasteiger partial charge in [-0.2, -0.15) is 4.31 Å². The third kappa shape index (κ3) is 4.99. The van der Waals surface area contributed by atoms with Crippen LogP contribution >= 0.6 is 0 Å². The first-order valence-electron chi connectivity index (χ1n) is 11.5. The first-order valence-corrected chi connectivity index (χ1v) is 13.0. The number of piperidine rings is 1. The van der Waals surface area contributed by atoms with E-state index in [1.54, 1.807) is 35.7 Å². The van der Waals surface area contributed by atoms with Crippen LogP contribution in [-0.2, 0) is 10.0 Å². The van der Waals surface area contributed by atoms with Gasteiger partial charge in [-0.1, -0.05) is 25.0 Å². The van der Waals surface area contributed by atoms with Crippen LogP contribution in [0.5, 0.6) is 5.75 Å². The minimum atomic E-state index is -3.49. The molecule has 0 aliphatic carbocycles. The molecule has 4 rings (SSSR count). The van der Waals surface area contributed by atoms with Crippen molar-refractivity contribution in [3.8, 4) is 5.75 Å². The van der Waals surface area contributed by atoms with E-state index in [4.69, 9.17) is 4.74 Å². The molecular weight excluding hydrogens is 424 g/mol. The summed E-state index contributed by atoms with van der Waals surface area (Å²) in [5.74, 6) is 1.08. The van der Waals surface area contributed by atoms with E-state index in [2.05, 4.69) is 12.1 Å². The number of sulfonamides is 1. The SMILES string of the molecule is COc1ccc(C2CCCCN(C(=O)c3ccc(S(=O)(=O)N4CCCCC4)cc3)C2)cc1. The minimum Gasteiger partial charge on any atom is -0.497 e. The Labute approximate surface area is 191 Å². The quantitative estimate of drug-likeness (QED) is 0.674. The lowest BCUT2D eigenvalue weighted by Crippen LogP contribution is -2.36. The van der Waals surface area contributed by atoms with Gasteiger partial charge in [-0.05, 0) is 67.6 Å². The van der Waals surface area contributed by atoms with Gasteiger partial charge in [0.2, 0.25) is 10.0 Å². The fourth-order valence-corrected chi connectivity index (χ4v) is 6.20. The second kappa shape index (κ2) is 10.0. The van der Waals surface area contributed by atoms with Gasteiger partial charge in [0.1, 0.15) is 5.75 Å². The minimum absolute atomic E-state index is 0.0349. The monoisotopic (exact) mass is 456 g/mol. The summed E-state index contributed by atoms with van der Waals surface area (Å²) in [6.07, 6.45) is 5.98. The molecule has 0 N–H and O–H groups in total. The molecule has 0 aromatic heterocycles. The highest BCUT2D eigenvalue weighted by atomic mass is 32.2. The van der Waals surface area contributed by atoms with Crippen molar-refractivity contribution in [2.24, 2.45) is 0 Å². The van der Waals surface area contributed by atoms with Gasteiger partial charge >= 0.3 is 0 Å². The average molecular weight is 457 g/mol. The number of hydrogen-bond acceptors (Lipinski definition) is 4. The zero-order valence-corrected chi connectivity index (χ0v) is 19.5. The Bertz CT molecular complexity index is 1010. The third-order valence-corrected chi connectivity index (χ3v) is 8.51. The Kier molecular flexibility index (Phi) is 7.16. The van der Waals surface area contributed by atoms with Gasteiger partial charge in [-0.25, -0.2) is 8.42 Å². The number of likely N-dealkylation sites (tertiary alicyclic amines) is 1. The maximum atomic E-state index is 13.2. The molecule has 0 bridgehead atoms. The van der Waals surface area contributed by atoms with Crippen molar-refractivity contribution >= 4 is 15.9 Å². The number of carbonyl (C=O) groups is 1. The molecule has 2 fully saturated rings. The van der Waals surface area contributed by atoms with E-state index >= 15 is 0 Å². The maximum absolute atomic E-state index is 13.2. The number of nitrogens with zero attached hydrogens (tertiary/aromatic N) is 2. The normalized spacial score (nSPS) is 20.5. The first-order chi connectivity index (χ1) is 15.5. The molecule has 0 saturated carbocycles. The Morgan fingerprint density at radius 2 is 1.53 bits per heavy atom. The lowest BCUT2D eigenvalue weighted by atomic mass is 9.94. The van der Waals surface area contributed by atoms with Crippen LogP contribution in [-0.4, -0.2) is 56.8 Å². The van der Waals surface area contributed by atoms with Gasteiger partial charge in [0.25, 0.3) is 5.91 Å². The topological polar surface area (TPSA) is 66.9 Å². The summed E-state index contributed by atoms with van der Waals surface area (Å²) in [5.41, 5.74) is 1.76. The number of amides is 1. The van der Waals surface area contributed by atoms with Crippen molar-refractivity contribution in [2.75, 3.05) is 33.3 Å². The first kappa shape index (κ1) is 22.8. The predicted octanol–water partition coefficient (Wildman–Crippen LogP) is 4.28. The fraction of sp³-hybridized carbons (Fsp3) is 0.480. The Balaban J connectivity index is 1.47. The van der Waals surface area contributed by atoms with E-state index in [-0.39, 0.29) is 16.7 Å². The maximum Gasteiger partial charge on any atom is 0.253 e. The molecule has 1 unspecified atom stereocenters. The van der Waals surface area contributed by atoms with Gasteiger partial charge < -0.3 is 9.64 Å². The van der Waals surface area contributed by atoms with E-state index in [0.29, 0.717) is 25.2 Å². The highest BCUT2D eigenvalue weighted by molar-refractivity contribution is 7.89. The van der Waals surface area contributed by atoms with Crippen molar-refractivity contribution < 1.29 is 17.9 Å². The lowest BCUT2D eigenvalue weighted by Gasteiger charge is -2.26. The third-order valence-electron chi connectivity index (χ3n) is 6.60. The molecule has 6 nitrogen and oxygen atoms in total. The summed E-state index contributed by atoms with van der Waals surface area (Å²) >= 11 is 0. The van der Waals surface area contributed by atoms with E-state index in [1.165, 1.54) is 5.56 Å². The Morgan fingerprint density at radius 1 is 0.875 bits per heavy atom. The van der Waals surface area contributed by atoms with Crippen molar-refractivity contribution in [2.45, 2.75) is 49.3 Å². The van der Waals surface area contributed by atoms with Crippen LogP contribution in [0.25, 0.3) is 0 Å². The average Bonchev–Trinajstić information content (AvgIpc) is 3.11. The van der Waals surface area contributed by atoms with Crippen molar-refractivity contribution in [1.29, 1.82) is 0 Å². The van der Waals surface area contributed by atoms with Crippen LogP contribution in [0.2, 0.25) is 0 Å². The van der Waals surface area contributed by atoms with E-state index in [0.717, 1.165) is 50.8 Å². The molecule has 7 heteroatoms. The Morgan fingerprint density at radius 3 is 2.19 bits per heavy atom. The van der Waals surface area contributed by atoms with Crippen LogP contribution in [0.3, 0.4) is 0 Å². The molecule has 1 atom stereocenters. The number of ether oxygens (including phenoxy) is 1. The molecule has 0 spiro atoms. The smallest absolute Gasteiger partial charge is 0.253 e. The van der Waals surface area contributed by atoms with E-state index < -0.39 is 10.0 Å². The number of rotatable bonds is 5. The summed E-state index contributed by atoms with van der Waals surface area (Å²) in [6.45, 7) is 2.53. The lowest BCUT2D eigenvalue weighted by molar-refractivity contribution is 0.0754. The van der Waals surface area contributed by atoms with Gasteiger partial charge in [0.15, 0.2) is 0 Å². The van der Waals surface area contributed by atoms with Gasteiger partial charge in [0.05, 0.1) is 12.0 Å². The van der Waals surface area contributed by atoms with Crippen LogP contribution in [0.4, 0.5) is 0 Å². The molecule has 2 aliphatic heterocycles. The van der Waals surface area contributed by atoms with Crippen molar-refractivity contribution in [1.82, 2.24) is 9.21 Å². The van der Waals surface area contributed by atoms with Crippen LogP contribution in [0.1, 0.15) is 60.4 Å². The summed E-state index contributed by atoms with van der Waals surface area (Å²) in [6, 6.07) is 14.6. The second-order valence-electron chi connectivity index (χ2n) is 8.71. The molecular formula is C25H32N2O4S. The summed E-state index contributed by atoms with van der Waals surface area (Å²) < 4.78 is 32.6. The van der Waals surface area contributed by atoms with Gasteiger partial charge in [0, 0.05) is 37.7 Å². The molecule has 2 aromatic carbocycles. The van der Waals surface area contributed by atoms with Crippen LogP contribution < -0.4 is 4.74 Å². The van der Waals surface area contributed by atoms with Gasteiger partial charge in [-0.3, -0.25) is 4.79 Å². The van der Waals surface area contributed by atoms with Gasteiger partial charge in [-0.15, -0.1) is 0 Å². The molecule has 2 aromatic rings. The summed E-state index contributed by atoms with van der Waals surface area (Å²) in [7, 11) is -1.83. The molecule has 32 heavy (non-hydrogen) atoms.